The molecule has 140 valence electrons. The molecular weight excluding hydrogens is 338 g/mol. The summed E-state index contributed by atoms with van der Waals surface area (Å²) in [4.78, 5) is 16.9. The van der Waals surface area contributed by atoms with E-state index in [0.29, 0.717) is 12.5 Å². The summed E-state index contributed by atoms with van der Waals surface area (Å²) in [6.45, 7) is 0.0297. The Balaban J connectivity index is 1.30. The number of fused-ring (bicyclic) bond motifs is 1. The van der Waals surface area contributed by atoms with Gasteiger partial charge in [-0.3, -0.25) is 4.79 Å². The zero-order chi connectivity index (χ0) is 18.6. The number of rotatable bonds is 5. The molecule has 5 heteroatoms. The molecule has 1 aliphatic carbocycles. The number of amides is 1. The second-order valence-corrected chi connectivity index (χ2v) is 7.36. The number of carbonyl (C=O) groups is 1. The van der Waals surface area contributed by atoms with Crippen molar-refractivity contribution in [1.82, 2.24) is 14.9 Å². The highest BCUT2D eigenvalue weighted by atomic mass is 16.3. The molecule has 3 aromatic rings. The van der Waals surface area contributed by atoms with E-state index in [1.807, 2.05) is 36.5 Å². The van der Waals surface area contributed by atoms with Crippen molar-refractivity contribution in [3.8, 4) is 0 Å². The van der Waals surface area contributed by atoms with Gasteiger partial charge in [0.15, 0.2) is 0 Å². The summed E-state index contributed by atoms with van der Waals surface area (Å²) < 4.78 is 2.29. The molecule has 1 saturated carbocycles. The molecule has 0 radical (unpaired) electrons. The van der Waals surface area contributed by atoms with Crippen LogP contribution in [0.2, 0.25) is 0 Å². The molecule has 0 unspecified atom stereocenters. The van der Waals surface area contributed by atoms with Crippen molar-refractivity contribution >= 4 is 16.9 Å². The first kappa shape index (κ1) is 17.7. The van der Waals surface area contributed by atoms with Crippen molar-refractivity contribution in [2.24, 2.45) is 0 Å². The maximum atomic E-state index is 12.3. The molecule has 27 heavy (non-hydrogen) atoms. The Morgan fingerprint density at radius 3 is 2.56 bits per heavy atom. The van der Waals surface area contributed by atoms with Crippen LogP contribution in [0.5, 0.6) is 0 Å². The lowest BCUT2D eigenvalue weighted by Gasteiger charge is -2.30. The molecule has 2 aromatic heterocycles. The summed E-state index contributed by atoms with van der Waals surface area (Å²) in [5, 5.41) is 13.5. The van der Waals surface area contributed by atoms with Gasteiger partial charge in [0.25, 0.3) is 0 Å². The van der Waals surface area contributed by atoms with Gasteiger partial charge in [0.2, 0.25) is 5.91 Å². The van der Waals surface area contributed by atoms with E-state index in [2.05, 4.69) is 33.2 Å². The largest absolute Gasteiger partial charge is 0.392 e. The van der Waals surface area contributed by atoms with Gasteiger partial charge in [-0.2, -0.15) is 0 Å². The monoisotopic (exact) mass is 363 g/mol. The summed E-state index contributed by atoms with van der Waals surface area (Å²) in [5.41, 5.74) is 2.89. The van der Waals surface area contributed by atoms with E-state index in [-0.39, 0.29) is 18.6 Å². The number of nitrogens with zero attached hydrogens (tertiary/aromatic N) is 2. The van der Waals surface area contributed by atoms with Gasteiger partial charge < -0.3 is 15.0 Å². The molecule has 1 aliphatic rings. The highest BCUT2D eigenvalue weighted by Gasteiger charge is 2.24. The second kappa shape index (κ2) is 7.92. The molecule has 1 amide bonds. The first-order chi connectivity index (χ1) is 13.2. The van der Waals surface area contributed by atoms with Crippen LogP contribution in [0.1, 0.15) is 42.9 Å². The van der Waals surface area contributed by atoms with E-state index in [4.69, 9.17) is 5.11 Å². The third-order valence-electron chi connectivity index (χ3n) is 5.50. The first-order valence-corrected chi connectivity index (χ1v) is 9.62. The number of aromatic nitrogens is 2. The molecule has 4 rings (SSSR count). The summed E-state index contributed by atoms with van der Waals surface area (Å²) in [5.74, 6) is 0.0725. The quantitative estimate of drug-likeness (QED) is 0.730. The minimum absolute atomic E-state index is 0.0297. The Morgan fingerprint density at radius 1 is 1.07 bits per heavy atom. The number of benzene rings is 1. The highest BCUT2D eigenvalue weighted by Crippen LogP contribution is 2.31. The first-order valence-electron chi connectivity index (χ1n) is 9.62. The predicted molar refractivity (Wildman–Crippen MR) is 105 cm³/mol. The molecule has 0 atom stereocenters. The number of hydrogen-bond acceptors (Lipinski definition) is 3. The molecule has 1 fully saturated rings. The number of pyridine rings is 1. The molecular formula is C22H25N3O2. The highest BCUT2D eigenvalue weighted by molar-refractivity contribution is 5.79. The van der Waals surface area contributed by atoms with Gasteiger partial charge in [0.05, 0.1) is 13.0 Å². The fourth-order valence-electron chi connectivity index (χ4n) is 4.01. The maximum Gasteiger partial charge on any atom is 0.224 e. The van der Waals surface area contributed by atoms with Crippen LogP contribution in [-0.2, 0) is 17.8 Å². The van der Waals surface area contributed by atoms with Crippen LogP contribution < -0.4 is 5.32 Å². The number of hydrogen-bond donors (Lipinski definition) is 2. The van der Waals surface area contributed by atoms with Crippen LogP contribution in [0.4, 0.5) is 0 Å². The van der Waals surface area contributed by atoms with Crippen LogP contribution in [0.15, 0.2) is 54.9 Å². The Hall–Kier alpha value is -2.66. The Morgan fingerprint density at radius 2 is 1.81 bits per heavy atom. The van der Waals surface area contributed by atoms with Crippen molar-refractivity contribution in [2.45, 2.75) is 50.8 Å². The van der Waals surface area contributed by atoms with Gasteiger partial charge >= 0.3 is 0 Å². The number of carbonyl (C=O) groups excluding carboxylic acids is 1. The molecule has 2 heterocycles. The number of nitrogens with one attached hydrogen (secondary N) is 1. The predicted octanol–water partition coefficient (Wildman–Crippen LogP) is 3.37. The fourth-order valence-corrected chi connectivity index (χ4v) is 4.01. The molecule has 1 aromatic carbocycles. The van der Waals surface area contributed by atoms with E-state index < -0.39 is 0 Å². The van der Waals surface area contributed by atoms with E-state index in [9.17, 15) is 4.79 Å². The van der Waals surface area contributed by atoms with Crippen molar-refractivity contribution in [1.29, 1.82) is 0 Å². The van der Waals surface area contributed by atoms with Gasteiger partial charge in [0.1, 0.15) is 5.65 Å². The van der Waals surface area contributed by atoms with Crippen LogP contribution in [0.25, 0.3) is 11.0 Å². The minimum Gasteiger partial charge on any atom is -0.392 e. The lowest BCUT2D eigenvalue weighted by atomic mass is 9.91. The minimum atomic E-state index is 0.0297. The lowest BCUT2D eigenvalue weighted by Crippen LogP contribution is -2.38. The zero-order valence-electron chi connectivity index (χ0n) is 15.3. The third kappa shape index (κ3) is 4.03. The lowest BCUT2D eigenvalue weighted by molar-refractivity contribution is -0.121. The van der Waals surface area contributed by atoms with E-state index >= 15 is 0 Å². The van der Waals surface area contributed by atoms with Gasteiger partial charge in [-0.05, 0) is 55.0 Å². The Labute approximate surface area is 159 Å². The molecule has 5 nitrogen and oxygen atoms in total. The van der Waals surface area contributed by atoms with Gasteiger partial charge in [-0.25, -0.2) is 4.98 Å². The number of aliphatic hydroxyl groups excluding tert-OH is 1. The molecule has 0 spiro atoms. The van der Waals surface area contributed by atoms with Crippen molar-refractivity contribution in [2.75, 3.05) is 0 Å². The van der Waals surface area contributed by atoms with Crippen LogP contribution in [0, 0.1) is 0 Å². The third-order valence-corrected chi connectivity index (χ3v) is 5.50. The summed E-state index contributed by atoms with van der Waals surface area (Å²) in [7, 11) is 0. The molecule has 0 saturated heterocycles. The van der Waals surface area contributed by atoms with Crippen molar-refractivity contribution < 1.29 is 9.90 Å². The van der Waals surface area contributed by atoms with Crippen LogP contribution in [-0.4, -0.2) is 26.6 Å². The SMILES string of the molecule is O=C(Cc1ccc(CO)cc1)NC1CCC(n2ccc3cccnc32)CC1. The average molecular weight is 363 g/mol. The van der Waals surface area contributed by atoms with Gasteiger partial charge in [-0.15, -0.1) is 0 Å². The van der Waals surface area contributed by atoms with Crippen LogP contribution >= 0.6 is 0 Å². The van der Waals surface area contributed by atoms with E-state index in [0.717, 1.165) is 42.5 Å². The average Bonchev–Trinajstić information content (AvgIpc) is 3.13. The standard InChI is InChI=1S/C22H25N3O2/c26-15-17-5-3-16(4-6-17)14-21(27)24-19-7-9-20(10-8-19)25-13-11-18-2-1-12-23-22(18)25/h1-6,11-13,19-20,26H,7-10,14-15H2,(H,24,27). The normalized spacial score (nSPS) is 19.9. The maximum absolute atomic E-state index is 12.3. The van der Waals surface area contributed by atoms with Crippen molar-refractivity contribution in [3.05, 3.63) is 66.0 Å². The summed E-state index contributed by atoms with van der Waals surface area (Å²) >= 11 is 0. The van der Waals surface area contributed by atoms with E-state index in [1.54, 1.807) is 0 Å². The molecule has 0 bridgehead atoms. The second-order valence-electron chi connectivity index (χ2n) is 7.36. The fraction of sp³-hybridized carbons (Fsp3) is 0.364. The van der Waals surface area contributed by atoms with Crippen LogP contribution in [0.3, 0.4) is 0 Å². The summed E-state index contributed by atoms with van der Waals surface area (Å²) in [6.07, 6.45) is 8.46. The number of aliphatic hydroxyl groups is 1. The van der Waals surface area contributed by atoms with Crippen molar-refractivity contribution in [3.63, 3.8) is 0 Å². The molecule has 0 aliphatic heterocycles. The topological polar surface area (TPSA) is 67.2 Å². The van der Waals surface area contributed by atoms with Gasteiger partial charge in [0, 0.05) is 29.9 Å². The summed E-state index contributed by atoms with van der Waals surface area (Å²) in [6, 6.07) is 14.4. The van der Waals surface area contributed by atoms with E-state index in [1.165, 1.54) is 5.39 Å². The zero-order valence-corrected chi connectivity index (χ0v) is 15.3. The molecule has 2 N–H and O–H groups in total. The smallest absolute Gasteiger partial charge is 0.224 e. The van der Waals surface area contributed by atoms with Gasteiger partial charge in [-0.1, -0.05) is 24.3 Å². The Bertz CT molecular complexity index is 909. The Kier molecular flexibility index (Phi) is 5.21.